The van der Waals surface area contributed by atoms with Gasteiger partial charge in [-0.3, -0.25) is 4.79 Å². The normalized spacial score (nSPS) is 26.3. The smallest absolute Gasteiger partial charge is 0.173 e. The standard InChI is InChI=1S/C6H10BrNO2/c7-3-5(9)6-4-8-1-2-10-6/h6,8H,1-4H2. The van der Waals surface area contributed by atoms with E-state index in [4.69, 9.17) is 4.74 Å². The van der Waals surface area contributed by atoms with Crippen molar-refractivity contribution >= 4 is 21.7 Å². The van der Waals surface area contributed by atoms with E-state index < -0.39 is 0 Å². The van der Waals surface area contributed by atoms with E-state index in [-0.39, 0.29) is 11.9 Å². The van der Waals surface area contributed by atoms with E-state index in [9.17, 15) is 4.79 Å². The van der Waals surface area contributed by atoms with Crippen LogP contribution in [0.15, 0.2) is 0 Å². The van der Waals surface area contributed by atoms with Gasteiger partial charge in [0.2, 0.25) is 0 Å². The molecular weight excluding hydrogens is 198 g/mol. The van der Waals surface area contributed by atoms with Gasteiger partial charge in [0, 0.05) is 13.1 Å². The van der Waals surface area contributed by atoms with Crippen LogP contribution in [-0.4, -0.2) is 36.9 Å². The second-order valence-corrected chi connectivity index (χ2v) is 2.72. The summed E-state index contributed by atoms with van der Waals surface area (Å²) in [7, 11) is 0. The number of carbonyl (C=O) groups excluding carboxylic acids is 1. The number of halogens is 1. The topological polar surface area (TPSA) is 38.3 Å². The Morgan fingerprint density at radius 2 is 2.60 bits per heavy atom. The lowest BCUT2D eigenvalue weighted by Gasteiger charge is -2.21. The van der Waals surface area contributed by atoms with Gasteiger partial charge < -0.3 is 10.1 Å². The molecule has 1 atom stereocenters. The van der Waals surface area contributed by atoms with E-state index in [0.29, 0.717) is 18.5 Å². The number of ketones is 1. The van der Waals surface area contributed by atoms with Gasteiger partial charge in [0.15, 0.2) is 5.78 Å². The van der Waals surface area contributed by atoms with Crippen LogP contribution in [0, 0.1) is 0 Å². The summed E-state index contributed by atoms with van der Waals surface area (Å²) < 4.78 is 5.19. The quantitative estimate of drug-likeness (QED) is 0.646. The average molecular weight is 208 g/mol. The largest absolute Gasteiger partial charge is 0.368 e. The first-order valence-corrected chi connectivity index (χ1v) is 4.37. The molecule has 1 saturated heterocycles. The van der Waals surface area contributed by atoms with Gasteiger partial charge in [0.25, 0.3) is 0 Å². The van der Waals surface area contributed by atoms with Crippen LogP contribution in [-0.2, 0) is 9.53 Å². The lowest BCUT2D eigenvalue weighted by atomic mass is 10.2. The summed E-state index contributed by atoms with van der Waals surface area (Å²) >= 11 is 3.09. The Morgan fingerprint density at radius 1 is 1.80 bits per heavy atom. The Hall–Kier alpha value is 0.0700. The predicted molar refractivity (Wildman–Crippen MR) is 41.4 cm³/mol. The molecule has 0 spiro atoms. The highest BCUT2D eigenvalue weighted by Crippen LogP contribution is 1.99. The van der Waals surface area contributed by atoms with Crippen molar-refractivity contribution in [1.82, 2.24) is 5.32 Å². The SMILES string of the molecule is O=C(CBr)C1CNCCO1. The highest BCUT2D eigenvalue weighted by Gasteiger charge is 2.19. The van der Waals surface area contributed by atoms with Gasteiger partial charge in [0.1, 0.15) is 6.10 Å². The molecule has 58 valence electrons. The van der Waals surface area contributed by atoms with Crippen molar-refractivity contribution in [2.45, 2.75) is 6.10 Å². The maximum absolute atomic E-state index is 11.0. The Kier molecular flexibility index (Phi) is 3.31. The van der Waals surface area contributed by atoms with Crippen molar-refractivity contribution in [1.29, 1.82) is 0 Å². The van der Waals surface area contributed by atoms with Crippen molar-refractivity contribution in [2.24, 2.45) is 0 Å². The van der Waals surface area contributed by atoms with Crippen molar-refractivity contribution in [3.63, 3.8) is 0 Å². The molecule has 1 fully saturated rings. The number of rotatable bonds is 2. The van der Waals surface area contributed by atoms with Gasteiger partial charge >= 0.3 is 0 Å². The van der Waals surface area contributed by atoms with Gasteiger partial charge in [-0.25, -0.2) is 0 Å². The number of Topliss-reactive ketones (excluding diaryl/α,β-unsaturated/α-hetero) is 1. The van der Waals surface area contributed by atoms with E-state index in [1.165, 1.54) is 0 Å². The third kappa shape index (κ3) is 2.04. The lowest BCUT2D eigenvalue weighted by molar-refractivity contribution is -0.129. The Balaban J connectivity index is 2.31. The molecule has 3 nitrogen and oxygen atoms in total. The minimum absolute atomic E-state index is 0.118. The number of alkyl halides is 1. The fourth-order valence-electron chi connectivity index (χ4n) is 0.858. The monoisotopic (exact) mass is 207 g/mol. The molecule has 1 rings (SSSR count). The maximum Gasteiger partial charge on any atom is 0.173 e. The van der Waals surface area contributed by atoms with E-state index in [0.717, 1.165) is 6.54 Å². The first kappa shape index (κ1) is 8.17. The second-order valence-electron chi connectivity index (χ2n) is 2.16. The molecule has 0 saturated carbocycles. The zero-order valence-corrected chi connectivity index (χ0v) is 7.19. The Morgan fingerprint density at radius 3 is 3.10 bits per heavy atom. The van der Waals surface area contributed by atoms with Crippen molar-refractivity contribution < 1.29 is 9.53 Å². The van der Waals surface area contributed by atoms with Crippen LogP contribution < -0.4 is 5.32 Å². The first-order chi connectivity index (χ1) is 4.84. The first-order valence-electron chi connectivity index (χ1n) is 3.25. The molecule has 0 aromatic carbocycles. The predicted octanol–water partition coefficient (Wildman–Crippen LogP) is -0.0612. The molecule has 1 aliphatic heterocycles. The average Bonchev–Trinajstić information content (AvgIpc) is 2.05. The third-order valence-corrected chi connectivity index (χ3v) is 1.97. The molecular formula is C6H10BrNO2. The third-order valence-electron chi connectivity index (χ3n) is 1.42. The number of ether oxygens (including phenoxy) is 1. The number of hydrogen-bond acceptors (Lipinski definition) is 3. The minimum atomic E-state index is -0.229. The van der Waals surface area contributed by atoms with Crippen molar-refractivity contribution in [3.8, 4) is 0 Å². The molecule has 1 unspecified atom stereocenters. The zero-order valence-electron chi connectivity index (χ0n) is 5.60. The van der Waals surface area contributed by atoms with Crippen LogP contribution in [0.5, 0.6) is 0 Å². The number of nitrogens with one attached hydrogen (secondary N) is 1. The van der Waals surface area contributed by atoms with Crippen LogP contribution >= 0.6 is 15.9 Å². The number of carbonyl (C=O) groups is 1. The summed E-state index contributed by atoms with van der Waals surface area (Å²) in [6.07, 6.45) is -0.229. The molecule has 1 N–H and O–H groups in total. The fraction of sp³-hybridized carbons (Fsp3) is 0.833. The Bertz CT molecular complexity index is 123. The number of hydrogen-bond donors (Lipinski definition) is 1. The van der Waals surface area contributed by atoms with E-state index in [2.05, 4.69) is 21.2 Å². The molecule has 0 aliphatic carbocycles. The molecule has 0 aromatic rings. The molecule has 1 heterocycles. The second kappa shape index (κ2) is 4.05. The molecule has 0 bridgehead atoms. The van der Waals surface area contributed by atoms with Crippen LogP contribution in [0.4, 0.5) is 0 Å². The van der Waals surface area contributed by atoms with Crippen LogP contribution in [0.1, 0.15) is 0 Å². The molecule has 0 radical (unpaired) electrons. The van der Waals surface area contributed by atoms with Gasteiger partial charge in [-0.15, -0.1) is 0 Å². The summed E-state index contributed by atoms with van der Waals surface area (Å²) in [5.41, 5.74) is 0. The fourth-order valence-corrected chi connectivity index (χ4v) is 1.22. The van der Waals surface area contributed by atoms with Crippen LogP contribution in [0.25, 0.3) is 0 Å². The zero-order chi connectivity index (χ0) is 7.40. The Labute approximate surface area is 68.3 Å². The van der Waals surface area contributed by atoms with E-state index in [1.807, 2.05) is 0 Å². The lowest BCUT2D eigenvalue weighted by Crippen LogP contribution is -2.43. The molecule has 0 aromatic heterocycles. The van der Waals surface area contributed by atoms with Crippen LogP contribution in [0.3, 0.4) is 0 Å². The van der Waals surface area contributed by atoms with E-state index >= 15 is 0 Å². The molecule has 4 heteroatoms. The molecule has 0 amide bonds. The number of morpholine rings is 1. The molecule has 1 aliphatic rings. The minimum Gasteiger partial charge on any atom is -0.368 e. The van der Waals surface area contributed by atoms with Gasteiger partial charge in [-0.05, 0) is 0 Å². The molecule has 10 heavy (non-hydrogen) atoms. The van der Waals surface area contributed by atoms with E-state index in [1.54, 1.807) is 0 Å². The van der Waals surface area contributed by atoms with Crippen LogP contribution in [0.2, 0.25) is 0 Å². The van der Waals surface area contributed by atoms with Crippen molar-refractivity contribution in [3.05, 3.63) is 0 Å². The summed E-state index contributed by atoms with van der Waals surface area (Å²) in [5.74, 6) is 0.118. The van der Waals surface area contributed by atoms with Gasteiger partial charge in [-0.2, -0.15) is 0 Å². The highest BCUT2D eigenvalue weighted by atomic mass is 79.9. The summed E-state index contributed by atoms with van der Waals surface area (Å²) in [6, 6.07) is 0. The highest BCUT2D eigenvalue weighted by molar-refractivity contribution is 9.09. The van der Waals surface area contributed by atoms with Gasteiger partial charge in [0.05, 0.1) is 11.9 Å². The maximum atomic E-state index is 11.0. The summed E-state index contributed by atoms with van der Waals surface area (Å²) in [6.45, 7) is 2.15. The summed E-state index contributed by atoms with van der Waals surface area (Å²) in [5, 5.41) is 3.47. The summed E-state index contributed by atoms with van der Waals surface area (Å²) in [4.78, 5) is 11.0. The van der Waals surface area contributed by atoms with Gasteiger partial charge in [-0.1, -0.05) is 15.9 Å². The van der Waals surface area contributed by atoms with Crippen molar-refractivity contribution in [2.75, 3.05) is 25.0 Å².